The van der Waals surface area contributed by atoms with Gasteiger partial charge in [-0.1, -0.05) is 23.8 Å². The Balaban J connectivity index is 3.09. The predicted molar refractivity (Wildman–Crippen MR) is 78.2 cm³/mol. The lowest BCUT2D eigenvalue weighted by molar-refractivity contribution is 0.548. The molecule has 0 atom stereocenters. The number of nitrogens with one attached hydrogen (secondary N) is 1. The van der Waals surface area contributed by atoms with E-state index in [1.807, 2.05) is 0 Å². The van der Waals surface area contributed by atoms with Crippen LogP contribution in [0.4, 0.5) is 0 Å². The van der Waals surface area contributed by atoms with E-state index >= 15 is 0 Å². The van der Waals surface area contributed by atoms with Gasteiger partial charge in [0, 0.05) is 0 Å². The Labute approximate surface area is 123 Å². The molecule has 0 spiro atoms. The number of halogens is 2. The van der Waals surface area contributed by atoms with Crippen LogP contribution in [0.15, 0.2) is 14.1 Å². The van der Waals surface area contributed by atoms with Crippen LogP contribution in [0.3, 0.4) is 0 Å². The van der Waals surface area contributed by atoms with Crippen molar-refractivity contribution >= 4 is 66.1 Å². The fourth-order valence-corrected chi connectivity index (χ4v) is 4.80. The molecule has 0 aliphatic carbocycles. The Morgan fingerprint density at radius 1 is 1.65 bits per heavy atom. The topological polar surface area (TPSA) is 72.2 Å². The molecule has 0 radical (unpaired) electrons. The Hall–Kier alpha value is 0.270. The first-order valence-electron chi connectivity index (χ1n) is 4.35. The zero-order valence-electron chi connectivity index (χ0n) is 8.95. The summed E-state index contributed by atoms with van der Waals surface area (Å²) < 4.78 is 27.1. The first-order valence-corrected chi connectivity index (χ1v) is 8.23. The van der Waals surface area contributed by atoms with Gasteiger partial charge < -0.3 is 5.73 Å². The molecule has 0 aliphatic heterocycles. The lowest BCUT2D eigenvalue weighted by atomic mass is 10.1. The second kappa shape index (κ2) is 5.10. The third-order valence-corrected chi connectivity index (χ3v) is 7.01. The normalized spacial score (nSPS) is 12.7. The molecule has 9 heteroatoms. The Kier molecular flexibility index (Phi) is 4.60. The molecule has 1 rings (SSSR count). The lowest BCUT2D eigenvalue weighted by Gasteiger charge is -2.23. The fraction of sp³-hybridized carbons (Fsp3) is 0.375. The molecule has 0 unspecified atom stereocenters. The van der Waals surface area contributed by atoms with Crippen molar-refractivity contribution in [1.82, 2.24) is 4.72 Å². The van der Waals surface area contributed by atoms with Gasteiger partial charge in [-0.05, 0) is 35.8 Å². The van der Waals surface area contributed by atoms with Crippen LogP contribution >= 0.6 is 51.1 Å². The zero-order chi connectivity index (χ0) is 13.4. The van der Waals surface area contributed by atoms with E-state index in [2.05, 4.69) is 20.7 Å². The molecule has 4 nitrogen and oxygen atoms in total. The SMILES string of the molecule is CC(C)(NS(=O)(=O)c1cc(Cl)c(Br)s1)C(N)=S. The van der Waals surface area contributed by atoms with Gasteiger partial charge in [0.1, 0.15) is 4.21 Å². The summed E-state index contributed by atoms with van der Waals surface area (Å²) in [4.78, 5) is 0.0720. The number of nitrogens with two attached hydrogens (primary N) is 1. The average Bonchev–Trinajstić information content (AvgIpc) is 2.45. The highest BCUT2D eigenvalue weighted by molar-refractivity contribution is 9.11. The minimum Gasteiger partial charge on any atom is -0.392 e. The van der Waals surface area contributed by atoms with Gasteiger partial charge in [-0.15, -0.1) is 11.3 Å². The maximum atomic E-state index is 12.0. The molecule has 1 aromatic rings. The number of rotatable bonds is 4. The maximum Gasteiger partial charge on any atom is 0.251 e. The van der Waals surface area contributed by atoms with Crippen LogP contribution < -0.4 is 10.5 Å². The largest absolute Gasteiger partial charge is 0.392 e. The summed E-state index contributed by atoms with van der Waals surface area (Å²) in [5.41, 5.74) is 4.47. The first-order chi connectivity index (χ1) is 7.56. The standard InChI is InChI=1S/C8H10BrClN2O2S3/c1-8(2,7(11)15)12-17(13,14)5-3-4(10)6(9)16-5/h3,12H,1-2H3,(H2,11,15). The smallest absolute Gasteiger partial charge is 0.251 e. The van der Waals surface area contributed by atoms with Gasteiger partial charge in [0.2, 0.25) is 0 Å². The van der Waals surface area contributed by atoms with E-state index in [0.29, 0.717) is 8.81 Å². The summed E-state index contributed by atoms with van der Waals surface area (Å²) >= 11 is 14.8. The van der Waals surface area contributed by atoms with Gasteiger partial charge in [0.15, 0.2) is 0 Å². The summed E-state index contributed by atoms with van der Waals surface area (Å²) in [5, 5.41) is 0.350. The van der Waals surface area contributed by atoms with Crippen LogP contribution in [0.25, 0.3) is 0 Å². The van der Waals surface area contributed by atoms with Crippen molar-refractivity contribution in [3.63, 3.8) is 0 Å². The van der Waals surface area contributed by atoms with E-state index < -0.39 is 15.6 Å². The van der Waals surface area contributed by atoms with Gasteiger partial charge >= 0.3 is 0 Å². The van der Waals surface area contributed by atoms with Crippen LogP contribution in [0.5, 0.6) is 0 Å². The number of hydrogen-bond donors (Lipinski definition) is 2. The van der Waals surface area contributed by atoms with Crippen molar-refractivity contribution < 1.29 is 8.42 Å². The molecule has 1 heterocycles. The van der Waals surface area contributed by atoms with Crippen LogP contribution in [0, 0.1) is 0 Å². The van der Waals surface area contributed by atoms with Crippen molar-refractivity contribution in [2.75, 3.05) is 0 Å². The van der Waals surface area contributed by atoms with Gasteiger partial charge in [-0.25, -0.2) is 8.42 Å². The summed E-state index contributed by atoms with van der Waals surface area (Å²) in [6, 6.07) is 1.37. The Bertz CT molecular complexity index is 534. The van der Waals surface area contributed by atoms with E-state index in [1.54, 1.807) is 13.8 Å². The number of hydrogen-bond acceptors (Lipinski definition) is 4. The molecule has 0 bridgehead atoms. The quantitative estimate of drug-likeness (QED) is 0.791. The highest BCUT2D eigenvalue weighted by Gasteiger charge is 2.30. The van der Waals surface area contributed by atoms with Crippen molar-refractivity contribution in [2.24, 2.45) is 5.73 Å². The Morgan fingerprint density at radius 2 is 2.18 bits per heavy atom. The molecule has 0 saturated heterocycles. The number of thiocarbonyl (C=S) groups is 1. The summed E-state index contributed by atoms with van der Waals surface area (Å²) in [6.45, 7) is 3.19. The van der Waals surface area contributed by atoms with Crippen LogP contribution in [-0.4, -0.2) is 18.9 Å². The molecule has 0 aromatic carbocycles. The Morgan fingerprint density at radius 3 is 2.53 bits per heavy atom. The van der Waals surface area contributed by atoms with E-state index in [1.165, 1.54) is 6.07 Å². The van der Waals surface area contributed by atoms with E-state index in [0.717, 1.165) is 11.3 Å². The number of thiophene rings is 1. The molecule has 3 N–H and O–H groups in total. The summed E-state index contributed by atoms with van der Waals surface area (Å²) in [6.07, 6.45) is 0. The van der Waals surface area contributed by atoms with Crippen molar-refractivity contribution in [2.45, 2.75) is 23.6 Å². The van der Waals surface area contributed by atoms with Crippen LogP contribution in [-0.2, 0) is 10.0 Å². The van der Waals surface area contributed by atoms with E-state index in [9.17, 15) is 8.42 Å². The summed E-state index contributed by atoms with van der Waals surface area (Å²) in [5.74, 6) is 0. The average molecular weight is 378 g/mol. The number of sulfonamides is 1. The maximum absolute atomic E-state index is 12.0. The lowest BCUT2D eigenvalue weighted by Crippen LogP contribution is -2.51. The van der Waals surface area contributed by atoms with Crippen molar-refractivity contribution in [1.29, 1.82) is 0 Å². The third-order valence-electron chi connectivity index (χ3n) is 1.89. The van der Waals surface area contributed by atoms with Gasteiger partial charge in [0.25, 0.3) is 10.0 Å². The zero-order valence-corrected chi connectivity index (χ0v) is 13.7. The molecule has 0 fully saturated rings. The second-order valence-corrected chi connectivity index (χ2v) is 8.91. The summed E-state index contributed by atoms with van der Waals surface area (Å²) in [7, 11) is -3.68. The monoisotopic (exact) mass is 376 g/mol. The fourth-order valence-electron chi connectivity index (χ4n) is 0.896. The molecule has 17 heavy (non-hydrogen) atoms. The highest BCUT2D eigenvalue weighted by Crippen LogP contribution is 2.34. The molecular formula is C8H10BrClN2O2S3. The molecular weight excluding hydrogens is 368 g/mol. The minimum atomic E-state index is -3.68. The van der Waals surface area contributed by atoms with Gasteiger partial charge in [0.05, 0.1) is 19.3 Å². The predicted octanol–water partition coefficient (Wildman–Crippen LogP) is 2.51. The minimum absolute atomic E-state index is 0.0720. The molecule has 1 aromatic heterocycles. The van der Waals surface area contributed by atoms with E-state index in [-0.39, 0.29) is 9.20 Å². The molecule has 0 aliphatic rings. The third kappa shape index (κ3) is 3.62. The van der Waals surface area contributed by atoms with Crippen molar-refractivity contribution in [3.05, 3.63) is 14.9 Å². The molecule has 0 amide bonds. The first kappa shape index (κ1) is 15.3. The highest BCUT2D eigenvalue weighted by atomic mass is 79.9. The molecule has 96 valence electrons. The van der Waals surface area contributed by atoms with Gasteiger partial charge in [-0.2, -0.15) is 4.72 Å². The molecule has 0 saturated carbocycles. The van der Waals surface area contributed by atoms with E-state index in [4.69, 9.17) is 29.6 Å². The van der Waals surface area contributed by atoms with Crippen LogP contribution in [0.2, 0.25) is 5.02 Å². The van der Waals surface area contributed by atoms with Crippen LogP contribution in [0.1, 0.15) is 13.8 Å². The van der Waals surface area contributed by atoms with Gasteiger partial charge in [-0.3, -0.25) is 0 Å². The van der Waals surface area contributed by atoms with Crippen molar-refractivity contribution in [3.8, 4) is 0 Å². The second-order valence-electron chi connectivity index (χ2n) is 3.78.